The zero-order valence-electron chi connectivity index (χ0n) is 15.8. The molecule has 0 aliphatic heterocycles. The van der Waals surface area contributed by atoms with Crippen LogP contribution in [0.25, 0.3) is 10.9 Å². The highest BCUT2D eigenvalue weighted by atomic mass is 19.4. The molecule has 8 heteroatoms. The molecule has 3 aromatic rings. The van der Waals surface area contributed by atoms with Crippen LogP contribution in [0.2, 0.25) is 0 Å². The van der Waals surface area contributed by atoms with Crippen LogP contribution in [0.1, 0.15) is 23.2 Å². The Kier molecular flexibility index (Phi) is 5.34. The van der Waals surface area contributed by atoms with E-state index in [4.69, 9.17) is 9.94 Å². The molecule has 1 heterocycles. The molecule has 1 fully saturated rings. The number of carbonyl (C=O) groups excluding carboxylic acids is 1. The molecule has 1 aliphatic rings. The maximum Gasteiger partial charge on any atom is 0.433 e. The number of aromatic nitrogens is 1. The smallest absolute Gasteiger partial charge is 0.433 e. The molecule has 4 rings (SSSR count). The van der Waals surface area contributed by atoms with Crippen LogP contribution in [0.15, 0.2) is 54.6 Å². The average molecular weight is 416 g/mol. The summed E-state index contributed by atoms with van der Waals surface area (Å²) in [5.74, 6) is 0.220. The Hall–Kier alpha value is -3.13. The molecule has 2 aromatic carbocycles. The van der Waals surface area contributed by atoms with Gasteiger partial charge in [-0.2, -0.15) is 13.2 Å². The number of pyridine rings is 1. The zero-order valence-corrected chi connectivity index (χ0v) is 15.8. The number of fused-ring (bicyclic) bond motifs is 1. The molecular formula is C22H19F3N2O3. The first-order valence-corrected chi connectivity index (χ1v) is 9.46. The molecule has 1 aliphatic carbocycles. The van der Waals surface area contributed by atoms with Crippen molar-refractivity contribution in [1.29, 1.82) is 0 Å². The SMILES string of the molecule is O=C(NO)[C@H]1C[C@H]1Cc1ccc(OCc2cc(C(F)(F)F)nc3ccccc23)cc1. The number of ether oxygens (including phenoxy) is 1. The van der Waals surface area contributed by atoms with Crippen molar-refractivity contribution in [2.45, 2.75) is 25.6 Å². The molecular weight excluding hydrogens is 397 g/mol. The summed E-state index contributed by atoms with van der Waals surface area (Å²) >= 11 is 0. The molecule has 0 radical (unpaired) electrons. The third-order valence-corrected chi connectivity index (χ3v) is 5.28. The standard InChI is InChI=1S/C22H19F3N2O3/c23-22(24,25)20-11-15(17-3-1-2-4-19(17)26-20)12-30-16-7-5-13(6-8-16)9-14-10-18(14)21(28)27-29/h1-8,11,14,18,29H,9-10,12H2,(H,27,28)/t14-,18+/m1/s1. The third-order valence-electron chi connectivity index (χ3n) is 5.28. The second kappa shape index (κ2) is 7.95. The number of alkyl halides is 3. The second-order valence-electron chi connectivity index (χ2n) is 7.40. The van der Waals surface area contributed by atoms with E-state index in [1.807, 2.05) is 12.1 Å². The highest BCUT2D eigenvalue weighted by molar-refractivity contribution is 5.82. The van der Waals surface area contributed by atoms with Crippen molar-refractivity contribution in [1.82, 2.24) is 10.5 Å². The Morgan fingerprint density at radius 1 is 1.17 bits per heavy atom. The molecule has 156 valence electrons. The van der Waals surface area contributed by atoms with Gasteiger partial charge in [-0.1, -0.05) is 30.3 Å². The fourth-order valence-corrected chi connectivity index (χ4v) is 3.57. The molecule has 0 saturated heterocycles. The van der Waals surface area contributed by atoms with E-state index < -0.39 is 11.9 Å². The topological polar surface area (TPSA) is 71.5 Å². The quantitative estimate of drug-likeness (QED) is 0.458. The summed E-state index contributed by atoms with van der Waals surface area (Å²) in [5, 5.41) is 9.28. The lowest BCUT2D eigenvalue weighted by Gasteiger charge is -2.13. The number of carbonyl (C=O) groups is 1. The minimum absolute atomic E-state index is 0.0210. The van der Waals surface area contributed by atoms with Gasteiger partial charge in [0.05, 0.1) is 5.52 Å². The first-order chi connectivity index (χ1) is 14.3. The molecule has 2 N–H and O–H groups in total. The van der Waals surface area contributed by atoms with Crippen molar-refractivity contribution in [2.75, 3.05) is 0 Å². The summed E-state index contributed by atoms with van der Waals surface area (Å²) in [4.78, 5) is 15.1. The number of rotatable bonds is 6. The normalized spacial score (nSPS) is 18.3. The summed E-state index contributed by atoms with van der Waals surface area (Å²) < 4.78 is 45.2. The van der Waals surface area contributed by atoms with Gasteiger partial charge in [0.2, 0.25) is 5.91 Å². The van der Waals surface area contributed by atoms with Gasteiger partial charge in [-0.05, 0) is 48.6 Å². The summed E-state index contributed by atoms with van der Waals surface area (Å²) in [6.07, 6.45) is -3.09. The molecule has 0 bridgehead atoms. The maximum absolute atomic E-state index is 13.2. The van der Waals surface area contributed by atoms with Crippen molar-refractivity contribution in [3.8, 4) is 5.75 Å². The van der Waals surface area contributed by atoms with Crippen molar-refractivity contribution < 1.29 is 27.9 Å². The van der Waals surface area contributed by atoms with Gasteiger partial charge >= 0.3 is 6.18 Å². The van der Waals surface area contributed by atoms with Crippen molar-refractivity contribution >= 4 is 16.8 Å². The Morgan fingerprint density at radius 3 is 2.60 bits per heavy atom. The Labute approximate surface area is 170 Å². The van der Waals surface area contributed by atoms with Gasteiger partial charge in [0, 0.05) is 16.9 Å². The summed E-state index contributed by atoms with van der Waals surface area (Å²) in [6.45, 7) is -0.0210. The monoisotopic (exact) mass is 416 g/mol. The van der Waals surface area contributed by atoms with Gasteiger partial charge in [-0.3, -0.25) is 10.0 Å². The first-order valence-electron chi connectivity index (χ1n) is 9.46. The number of halogens is 3. The molecule has 0 spiro atoms. The van der Waals surface area contributed by atoms with E-state index in [1.165, 1.54) is 0 Å². The van der Waals surface area contributed by atoms with Crippen LogP contribution >= 0.6 is 0 Å². The van der Waals surface area contributed by atoms with E-state index in [2.05, 4.69) is 4.98 Å². The minimum atomic E-state index is -4.53. The van der Waals surface area contributed by atoms with Crippen LogP contribution in [0.4, 0.5) is 13.2 Å². The van der Waals surface area contributed by atoms with Crippen molar-refractivity contribution in [3.63, 3.8) is 0 Å². The van der Waals surface area contributed by atoms with E-state index >= 15 is 0 Å². The molecule has 0 unspecified atom stereocenters. The largest absolute Gasteiger partial charge is 0.489 e. The summed E-state index contributed by atoms with van der Waals surface area (Å²) in [6, 6.07) is 14.9. The van der Waals surface area contributed by atoms with Crippen LogP contribution in [-0.2, 0) is 24.0 Å². The predicted molar refractivity (Wildman–Crippen MR) is 103 cm³/mol. The number of amides is 1. The Bertz CT molecular complexity index is 1070. The molecule has 1 saturated carbocycles. The lowest BCUT2D eigenvalue weighted by atomic mass is 10.1. The number of hydrogen-bond acceptors (Lipinski definition) is 4. The Morgan fingerprint density at radius 2 is 1.90 bits per heavy atom. The third kappa shape index (κ3) is 4.38. The fraction of sp³-hybridized carbons (Fsp3) is 0.273. The lowest BCUT2D eigenvalue weighted by molar-refractivity contribution is -0.141. The number of hydroxylamine groups is 1. The number of benzene rings is 2. The molecule has 5 nitrogen and oxygen atoms in total. The zero-order chi connectivity index (χ0) is 21.3. The van der Waals surface area contributed by atoms with Gasteiger partial charge in [-0.25, -0.2) is 10.5 Å². The van der Waals surface area contributed by atoms with Gasteiger partial charge < -0.3 is 4.74 Å². The van der Waals surface area contributed by atoms with Gasteiger partial charge in [0.1, 0.15) is 18.1 Å². The molecule has 1 aromatic heterocycles. The summed E-state index contributed by atoms with van der Waals surface area (Å²) in [7, 11) is 0. The van der Waals surface area contributed by atoms with Crippen LogP contribution in [-0.4, -0.2) is 16.1 Å². The van der Waals surface area contributed by atoms with E-state index in [9.17, 15) is 18.0 Å². The molecule has 30 heavy (non-hydrogen) atoms. The van der Waals surface area contributed by atoms with Gasteiger partial charge in [0.15, 0.2) is 0 Å². The average Bonchev–Trinajstić information content (AvgIpc) is 3.50. The van der Waals surface area contributed by atoms with Gasteiger partial charge in [0.25, 0.3) is 0 Å². The lowest BCUT2D eigenvalue weighted by Crippen LogP contribution is -2.21. The van der Waals surface area contributed by atoms with Gasteiger partial charge in [-0.15, -0.1) is 0 Å². The molecule has 2 atom stereocenters. The minimum Gasteiger partial charge on any atom is -0.489 e. The van der Waals surface area contributed by atoms with Crippen LogP contribution in [0.3, 0.4) is 0 Å². The Balaban J connectivity index is 1.45. The highest BCUT2D eigenvalue weighted by Crippen LogP contribution is 2.41. The summed E-state index contributed by atoms with van der Waals surface area (Å²) in [5.41, 5.74) is 2.44. The van der Waals surface area contributed by atoms with Crippen LogP contribution < -0.4 is 10.2 Å². The van der Waals surface area contributed by atoms with E-state index in [1.54, 1.807) is 41.9 Å². The second-order valence-corrected chi connectivity index (χ2v) is 7.40. The van der Waals surface area contributed by atoms with Crippen LogP contribution in [0.5, 0.6) is 5.75 Å². The van der Waals surface area contributed by atoms with E-state index in [-0.39, 0.29) is 29.9 Å². The first kappa shape index (κ1) is 20.2. The van der Waals surface area contributed by atoms with E-state index in [0.717, 1.165) is 18.1 Å². The number of nitrogens with one attached hydrogen (secondary N) is 1. The van der Waals surface area contributed by atoms with E-state index in [0.29, 0.717) is 23.1 Å². The van der Waals surface area contributed by atoms with Crippen LogP contribution in [0, 0.1) is 11.8 Å². The fourth-order valence-electron chi connectivity index (χ4n) is 3.57. The van der Waals surface area contributed by atoms with Crippen molar-refractivity contribution in [3.05, 3.63) is 71.4 Å². The maximum atomic E-state index is 13.2. The number of para-hydroxylation sites is 1. The number of hydrogen-bond donors (Lipinski definition) is 2. The highest BCUT2D eigenvalue weighted by Gasteiger charge is 2.42. The number of nitrogens with zero attached hydrogens (tertiary/aromatic N) is 1. The molecule has 1 amide bonds. The van der Waals surface area contributed by atoms with Crippen molar-refractivity contribution in [2.24, 2.45) is 11.8 Å². The predicted octanol–water partition coefficient (Wildman–Crippen LogP) is 4.52.